The molecule has 0 spiro atoms. The van der Waals surface area contributed by atoms with Gasteiger partial charge in [0.25, 0.3) is 0 Å². The minimum atomic E-state index is -5.50. The van der Waals surface area contributed by atoms with Crippen molar-refractivity contribution in [3.05, 3.63) is 0 Å². The first-order valence-electron chi connectivity index (χ1n) is 3.48. The van der Waals surface area contributed by atoms with Crippen LogP contribution in [0.5, 0.6) is 0 Å². The first kappa shape index (κ1) is 16.3. The van der Waals surface area contributed by atoms with Crippen LogP contribution in [0.25, 0.3) is 0 Å². The molecule has 1 nitrogen and oxygen atoms in total. The van der Waals surface area contributed by atoms with Gasteiger partial charge in [-0.1, -0.05) is 13.3 Å². The van der Waals surface area contributed by atoms with E-state index in [1.165, 1.54) is 6.92 Å². The zero-order valence-electron chi connectivity index (χ0n) is 7.17. The van der Waals surface area contributed by atoms with Gasteiger partial charge in [0.1, 0.15) is 0 Å². The number of nitrogens with two attached hydrogens (primary N) is 1. The van der Waals surface area contributed by atoms with E-state index in [1.807, 2.05) is 0 Å². The molecule has 0 fully saturated rings. The van der Waals surface area contributed by atoms with Crippen molar-refractivity contribution in [1.82, 2.24) is 0 Å². The van der Waals surface area contributed by atoms with Crippen molar-refractivity contribution in [3.8, 4) is 0 Å². The van der Waals surface area contributed by atoms with E-state index >= 15 is 0 Å². The van der Waals surface area contributed by atoms with Crippen LogP contribution in [0.15, 0.2) is 0 Å². The van der Waals surface area contributed by atoms with E-state index in [4.69, 9.17) is 0 Å². The lowest BCUT2D eigenvalue weighted by molar-refractivity contribution is -0.308. The van der Waals surface area contributed by atoms with Gasteiger partial charge in [-0.2, -0.15) is 26.3 Å². The predicted molar refractivity (Wildman–Crippen MR) is 41.2 cm³/mol. The molecule has 0 aromatic heterocycles. The van der Waals surface area contributed by atoms with Crippen molar-refractivity contribution >= 4 is 12.4 Å². The fourth-order valence-corrected chi connectivity index (χ4v) is 0.715. The smallest absolute Gasteiger partial charge is 0.267 e. The third-order valence-corrected chi connectivity index (χ3v) is 1.44. The van der Waals surface area contributed by atoms with Crippen molar-refractivity contribution in [3.63, 3.8) is 0 Å². The average molecular weight is 246 g/mol. The Kier molecular flexibility index (Phi) is 5.31. The summed E-state index contributed by atoms with van der Waals surface area (Å²) in [6.07, 6.45) is -1.66. The van der Waals surface area contributed by atoms with Crippen LogP contribution in [0.3, 0.4) is 0 Å². The quantitative estimate of drug-likeness (QED) is 0.598. The molecule has 0 heterocycles. The second-order valence-electron chi connectivity index (χ2n) is 2.65. The summed E-state index contributed by atoms with van der Waals surface area (Å²) in [4.78, 5) is 0. The molecule has 8 heteroatoms. The zero-order valence-corrected chi connectivity index (χ0v) is 7.98. The fourth-order valence-electron chi connectivity index (χ4n) is 0.715. The van der Waals surface area contributed by atoms with Gasteiger partial charge in [0.05, 0.1) is 0 Å². The molecule has 0 amide bonds. The number of alkyl halides is 6. The Bertz CT molecular complexity index is 178. The monoisotopic (exact) mass is 245 g/mol. The number of rotatable bonds is 4. The van der Waals surface area contributed by atoms with Gasteiger partial charge in [0, 0.05) is 6.42 Å². The van der Waals surface area contributed by atoms with Crippen LogP contribution in [0.4, 0.5) is 26.3 Å². The molecule has 0 radical (unpaired) electrons. The Labute approximate surface area is 83.1 Å². The molecular weight excluding hydrogens is 236 g/mol. The van der Waals surface area contributed by atoms with Gasteiger partial charge < -0.3 is 0 Å². The summed E-state index contributed by atoms with van der Waals surface area (Å²) in [5.74, 6) is -10.3. The minimum Gasteiger partial charge on any atom is -0.267 e. The highest BCUT2D eigenvalue weighted by molar-refractivity contribution is 5.85. The molecule has 0 atom stereocenters. The van der Waals surface area contributed by atoms with Crippen LogP contribution in [0.2, 0.25) is 0 Å². The Hall–Kier alpha value is -0.170. The van der Waals surface area contributed by atoms with E-state index < -0.39 is 24.3 Å². The lowest BCUT2D eigenvalue weighted by Gasteiger charge is -2.29. The summed E-state index contributed by atoms with van der Waals surface area (Å²) in [5, 5.41) is 0. The standard InChI is InChI=1S/C6H9F6N.ClH/c1-2-3-4(7,8)5(9,10)6(11,12)13;/h2-3,13H2,1H3;1H. The van der Waals surface area contributed by atoms with Crippen LogP contribution in [-0.2, 0) is 0 Å². The molecule has 0 rings (SSSR count). The molecule has 0 aliphatic carbocycles. The van der Waals surface area contributed by atoms with Gasteiger partial charge in [0.15, 0.2) is 0 Å². The minimum absolute atomic E-state index is 0. The van der Waals surface area contributed by atoms with Gasteiger partial charge in [-0.3, -0.25) is 5.73 Å². The van der Waals surface area contributed by atoms with Crippen LogP contribution in [0.1, 0.15) is 19.8 Å². The molecule has 0 saturated carbocycles. The van der Waals surface area contributed by atoms with Crippen LogP contribution >= 0.6 is 12.4 Å². The summed E-state index contributed by atoms with van der Waals surface area (Å²) in [6, 6.07) is -5.20. The largest absolute Gasteiger partial charge is 0.385 e. The molecule has 2 N–H and O–H groups in total. The third kappa shape index (κ3) is 2.91. The van der Waals surface area contributed by atoms with Gasteiger partial charge in [-0.15, -0.1) is 12.4 Å². The molecule has 14 heavy (non-hydrogen) atoms. The third-order valence-electron chi connectivity index (χ3n) is 1.44. The van der Waals surface area contributed by atoms with Crippen molar-refractivity contribution < 1.29 is 26.3 Å². The van der Waals surface area contributed by atoms with Crippen LogP contribution in [0, 0.1) is 0 Å². The lowest BCUT2D eigenvalue weighted by atomic mass is 10.1. The van der Waals surface area contributed by atoms with E-state index in [1.54, 1.807) is 0 Å². The Morgan fingerprint density at radius 2 is 1.36 bits per heavy atom. The van der Waals surface area contributed by atoms with Crippen molar-refractivity contribution in [2.45, 2.75) is 37.7 Å². The number of hydrogen-bond donors (Lipinski definition) is 1. The second-order valence-corrected chi connectivity index (χ2v) is 2.65. The second kappa shape index (κ2) is 4.57. The fraction of sp³-hybridized carbons (Fsp3) is 1.00. The lowest BCUT2D eigenvalue weighted by Crippen LogP contribution is -2.58. The zero-order chi connectivity index (χ0) is 10.9. The highest BCUT2D eigenvalue weighted by atomic mass is 35.5. The van der Waals surface area contributed by atoms with Crippen molar-refractivity contribution in [2.75, 3.05) is 0 Å². The molecule has 0 bridgehead atoms. The molecule has 0 aliphatic rings. The van der Waals surface area contributed by atoms with Crippen LogP contribution < -0.4 is 5.73 Å². The first-order chi connectivity index (χ1) is 5.56. The predicted octanol–water partition coefficient (Wildman–Crippen LogP) is 3.03. The molecule has 0 aromatic rings. The maximum Gasteiger partial charge on any atom is 0.385 e. The van der Waals surface area contributed by atoms with E-state index in [0.717, 1.165) is 0 Å². The highest BCUT2D eigenvalue weighted by Gasteiger charge is 2.69. The molecule has 0 unspecified atom stereocenters. The molecule has 0 saturated heterocycles. The SMILES string of the molecule is CCCC(F)(F)C(F)(F)C(N)(F)F.Cl. The normalized spacial score (nSPS) is 13.7. The van der Waals surface area contributed by atoms with E-state index in [-0.39, 0.29) is 18.8 Å². The Balaban J connectivity index is 0. The highest BCUT2D eigenvalue weighted by Crippen LogP contribution is 2.45. The maximum atomic E-state index is 12.4. The molecule has 0 aromatic carbocycles. The summed E-state index contributed by atoms with van der Waals surface area (Å²) in [7, 11) is 0. The van der Waals surface area contributed by atoms with Crippen molar-refractivity contribution in [1.29, 1.82) is 0 Å². The summed E-state index contributed by atoms with van der Waals surface area (Å²) >= 11 is 0. The summed E-state index contributed by atoms with van der Waals surface area (Å²) in [5.41, 5.74) is 3.67. The van der Waals surface area contributed by atoms with Crippen LogP contribution in [-0.4, -0.2) is 17.9 Å². The Morgan fingerprint density at radius 1 is 1.00 bits per heavy atom. The summed E-state index contributed by atoms with van der Waals surface area (Å²) in [6.45, 7) is 1.18. The topological polar surface area (TPSA) is 26.0 Å². The molecule has 0 aliphatic heterocycles. The maximum absolute atomic E-state index is 12.4. The van der Waals surface area contributed by atoms with Gasteiger partial charge in [0.2, 0.25) is 0 Å². The Morgan fingerprint density at radius 3 is 1.57 bits per heavy atom. The number of halogens is 7. The van der Waals surface area contributed by atoms with Crippen molar-refractivity contribution in [2.24, 2.45) is 5.73 Å². The van der Waals surface area contributed by atoms with E-state index in [9.17, 15) is 26.3 Å². The summed E-state index contributed by atoms with van der Waals surface area (Å²) < 4.78 is 73.1. The number of hydrogen-bond acceptors (Lipinski definition) is 1. The molecular formula is C6H10ClF6N. The first-order valence-corrected chi connectivity index (χ1v) is 3.48. The van der Waals surface area contributed by atoms with Gasteiger partial charge >= 0.3 is 17.9 Å². The van der Waals surface area contributed by atoms with Gasteiger partial charge in [-0.05, 0) is 0 Å². The average Bonchev–Trinajstić information content (AvgIpc) is 1.84. The van der Waals surface area contributed by atoms with E-state index in [2.05, 4.69) is 5.73 Å². The van der Waals surface area contributed by atoms with Gasteiger partial charge in [-0.25, -0.2) is 0 Å². The van der Waals surface area contributed by atoms with E-state index in [0.29, 0.717) is 0 Å². The molecule has 88 valence electrons.